The van der Waals surface area contributed by atoms with E-state index in [4.69, 9.17) is 4.74 Å². The van der Waals surface area contributed by atoms with Crippen LogP contribution in [0.2, 0.25) is 0 Å². The summed E-state index contributed by atoms with van der Waals surface area (Å²) in [6.07, 6.45) is 0. The highest BCUT2D eigenvalue weighted by molar-refractivity contribution is 9.10. The van der Waals surface area contributed by atoms with Gasteiger partial charge in [-0.2, -0.15) is 0 Å². The molecule has 0 heterocycles. The summed E-state index contributed by atoms with van der Waals surface area (Å²) in [5.74, 6) is -0.0495. The molecular formula is C12H17BrN2O2. The van der Waals surface area contributed by atoms with Gasteiger partial charge in [0.1, 0.15) is 0 Å². The summed E-state index contributed by atoms with van der Waals surface area (Å²) in [6, 6.07) is 5.75. The molecule has 0 aliphatic rings. The number of rotatable bonds is 6. The quantitative estimate of drug-likeness (QED) is 0.789. The second-order valence-corrected chi connectivity index (χ2v) is 4.59. The van der Waals surface area contributed by atoms with Crippen LogP contribution in [0.3, 0.4) is 0 Å². The molecular weight excluding hydrogens is 284 g/mol. The Morgan fingerprint density at radius 3 is 2.88 bits per heavy atom. The van der Waals surface area contributed by atoms with Gasteiger partial charge in [-0.25, -0.2) is 0 Å². The van der Waals surface area contributed by atoms with E-state index in [2.05, 4.69) is 26.6 Å². The van der Waals surface area contributed by atoms with Gasteiger partial charge in [0.2, 0.25) is 5.91 Å². The summed E-state index contributed by atoms with van der Waals surface area (Å²) in [7, 11) is 1.63. The van der Waals surface area contributed by atoms with E-state index in [-0.39, 0.29) is 5.91 Å². The Morgan fingerprint density at radius 1 is 1.47 bits per heavy atom. The van der Waals surface area contributed by atoms with Gasteiger partial charge in [-0.15, -0.1) is 0 Å². The van der Waals surface area contributed by atoms with Gasteiger partial charge in [0.25, 0.3) is 0 Å². The predicted molar refractivity (Wildman–Crippen MR) is 72.3 cm³/mol. The lowest BCUT2D eigenvalue weighted by Gasteiger charge is -2.09. The Bertz CT molecular complexity index is 383. The number of anilines is 1. The summed E-state index contributed by atoms with van der Waals surface area (Å²) >= 11 is 3.38. The van der Waals surface area contributed by atoms with Crippen molar-refractivity contribution >= 4 is 27.5 Å². The Hall–Kier alpha value is -0.910. The SMILES string of the molecule is COCCNCC(=O)Nc1ccc(Br)cc1C. The molecule has 0 bridgehead atoms. The fourth-order valence-electron chi connectivity index (χ4n) is 1.34. The van der Waals surface area contributed by atoms with Crippen LogP contribution in [-0.2, 0) is 9.53 Å². The number of methoxy groups -OCH3 is 1. The lowest BCUT2D eigenvalue weighted by molar-refractivity contribution is -0.115. The van der Waals surface area contributed by atoms with Crippen molar-refractivity contribution in [2.24, 2.45) is 0 Å². The Kier molecular flexibility index (Phi) is 6.18. The largest absolute Gasteiger partial charge is 0.383 e. The average molecular weight is 301 g/mol. The van der Waals surface area contributed by atoms with E-state index < -0.39 is 0 Å². The minimum Gasteiger partial charge on any atom is -0.383 e. The zero-order valence-electron chi connectivity index (χ0n) is 10.0. The molecule has 94 valence electrons. The van der Waals surface area contributed by atoms with Crippen LogP contribution in [0.1, 0.15) is 5.56 Å². The van der Waals surface area contributed by atoms with Gasteiger partial charge in [0.15, 0.2) is 0 Å². The number of hydrogen-bond acceptors (Lipinski definition) is 3. The predicted octanol–water partition coefficient (Wildman–Crippen LogP) is 1.93. The molecule has 0 saturated carbocycles. The Morgan fingerprint density at radius 2 is 2.24 bits per heavy atom. The first-order chi connectivity index (χ1) is 8.13. The average Bonchev–Trinajstić information content (AvgIpc) is 2.28. The zero-order valence-corrected chi connectivity index (χ0v) is 11.6. The second kappa shape index (κ2) is 7.42. The van der Waals surface area contributed by atoms with Crippen LogP contribution in [0.5, 0.6) is 0 Å². The van der Waals surface area contributed by atoms with E-state index >= 15 is 0 Å². The van der Waals surface area contributed by atoms with Crippen molar-refractivity contribution < 1.29 is 9.53 Å². The van der Waals surface area contributed by atoms with Crippen LogP contribution in [0.4, 0.5) is 5.69 Å². The molecule has 2 N–H and O–H groups in total. The first-order valence-electron chi connectivity index (χ1n) is 5.39. The van der Waals surface area contributed by atoms with Crippen LogP contribution in [0.25, 0.3) is 0 Å². The number of halogens is 1. The molecule has 0 aliphatic heterocycles. The number of amides is 1. The van der Waals surface area contributed by atoms with Crippen LogP contribution in [-0.4, -0.2) is 32.7 Å². The van der Waals surface area contributed by atoms with Gasteiger partial charge in [0, 0.05) is 23.8 Å². The molecule has 0 aromatic heterocycles. The summed E-state index contributed by atoms with van der Waals surface area (Å²) in [4.78, 5) is 11.6. The lowest BCUT2D eigenvalue weighted by atomic mass is 10.2. The first-order valence-corrected chi connectivity index (χ1v) is 6.18. The molecule has 0 saturated heterocycles. The van der Waals surface area contributed by atoms with Crippen LogP contribution in [0, 0.1) is 6.92 Å². The molecule has 1 amide bonds. The molecule has 0 spiro atoms. The van der Waals surface area contributed by atoms with Gasteiger partial charge in [-0.3, -0.25) is 4.79 Å². The van der Waals surface area contributed by atoms with Crippen molar-refractivity contribution in [3.63, 3.8) is 0 Å². The molecule has 0 fully saturated rings. The molecule has 0 atom stereocenters. The van der Waals surface area contributed by atoms with Gasteiger partial charge >= 0.3 is 0 Å². The minimum absolute atomic E-state index is 0.0495. The van der Waals surface area contributed by atoms with E-state index in [0.717, 1.165) is 15.7 Å². The van der Waals surface area contributed by atoms with Gasteiger partial charge in [0.05, 0.1) is 13.2 Å². The number of hydrogen-bond donors (Lipinski definition) is 2. The number of benzene rings is 1. The second-order valence-electron chi connectivity index (χ2n) is 3.68. The highest BCUT2D eigenvalue weighted by atomic mass is 79.9. The molecule has 0 radical (unpaired) electrons. The van der Waals surface area contributed by atoms with Gasteiger partial charge in [-0.05, 0) is 30.7 Å². The summed E-state index contributed by atoms with van der Waals surface area (Å²) in [5, 5.41) is 5.84. The Labute approximate surface area is 110 Å². The maximum Gasteiger partial charge on any atom is 0.238 e. The standard InChI is InChI=1S/C12H17BrN2O2/c1-9-7-10(13)3-4-11(9)15-12(16)8-14-5-6-17-2/h3-4,7,14H,5-6,8H2,1-2H3,(H,15,16). The van der Waals surface area contributed by atoms with Gasteiger partial charge in [-0.1, -0.05) is 15.9 Å². The first kappa shape index (κ1) is 14.2. The number of aryl methyl sites for hydroxylation is 1. The lowest BCUT2D eigenvalue weighted by Crippen LogP contribution is -2.30. The molecule has 17 heavy (non-hydrogen) atoms. The maximum atomic E-state index is 11.6. The van der Waals surface area contributed by atoms with Crippen LogP contribution in [0.15, 0.2) is 22.7 Å². The van der Waals surface area contributed by atoms with E-state index in [1.165, 1.54) is 0 Å². The smallest absolute Gasteiger partial charge is 0.238 e. The number of carbonyl (C=O) groups is 1. The third kappa shape index (κ3) is 5.30. The normalized spacial score (nSPS) is 10.3. The molecule has 1 aromatic rings. The van der Waals surface area contributed by atoms with Crippen LogP contribution >= 0.6 is 15.9 Å². The molecule has 1 aromatic carbocycles. The van der Waals surface area contributed by atoms with E-state index in [1.807, 2.05) is 25.1 Å². The monoisotopic (exact) mass is 300 g/mol. The molecule has 4 nitrogen and oxygen atoms in total. The molecule has 1 rings (SSSR count). The van der Waals surface area contributed by atoms with E-state index in [1.54, 1.807) is 7.11 Å². The van der Waals surface area contributed by atoms with Crippen molar-refractivity contribution in [2.45, 2.75) is 6.92 Å². The van der Waals surface area contributed by atoms with Crippen molar-refractivity contribution in [1.82, 2.24) is 5.32 Å². The molecule has 5 heteroatoms. The minimum atomic E-state index is -0.0495. The maximum absolute atomic E-state index is 11.6. The van der Waals surface area contributed by atoms with E-state index in [0.29, 0.717) is 19.7 Å². The highest BCUT2D eigenvalue weighted by Crippen LogP contribution is 2.19. The van der Waals surface area contributed by atoms with Crippen molar-refractivity contribution in [1.29, 1.82) is 0 Å². The number of ether oxygens (including phenoxy) is 1. The van der Waals surface area contributed by atoms with Crippen LogP contribution < -0.4 is 10.6 Å². The van der Waals surface area contributed by atoms with Crippen molar-refractivity contribution in [3.8, 4) is 0 Å². The highest BCUT2D eigenvalue weighted by Gasteiger charge is 2.04. The topological polar surface area (TPSA) is 50.4 Å². The van der Waals surface area contributed by atoms with Crippen molar-refractivity contribution in [3.05, 3.63) is 28.2 Å². The third-order valence-corrected chi connectivity index (χ3v) is 2.72. The summed E-state index contributed by atoms with van der Waals surface area (Å²) in [5.41, 5.74) is 1.87. The van der Waals surface area contributed by atoms with Gasteiger partial charge < -0.3 is 15.4 Å². The summed E-state index contributed by atoms with van der Waals surface area (Å²) < 4.78 is 5.88. The third-order valence-electron chi connectivity index (χ3n) is 2.23. The number of carbonyl (C=O) groups excluding carboxylic acids is 1. The zero-order chi connectivity index (χ0) is 12.7. The van der Waals surface area contributed by atoms with Crippen molar-refractivity contribution in [2.75, 3.05) is 32.1 Å². The number of nitrogens with one attached hydrogen (secondary N) is 2. The fourth-order valence-corrected chi connectivity index (χ4v) is 1.81. The Balaban J connectivity index is 2.40. The molecule has 0 unspecified atom stereocenters. The molecule has 0 aliphatic carbocycles. The fraction of sp³-hybridized carbons (Fsp3) is 0.417. The van der Waals surface area contributed by atoms with E-state index in [9.17, 15) is 4.79 Å². The summed E-state index contributed by atoms with van der Waals surface area (Å²) in [6.45, 7) is 3.52.